The predicted molar refractivity (Wildman–Crippen MR) is 42.8 cm³/mol. The molecule has 2 heteroatoms. The molecule has 2 atom stereocenters. The van der Waals surface area contributed by atoms with E-state index in [0.29, 0.717) is 12.0 Å². The largest absolute Gasteiger partial charge is 0.384 e. The molecular weight excluding hydrogens is 138 g/mol. The molecule has 2 nitrogen and oxygen atoms in total. The van der Waals surface area contributed by atoms with Crippen molar-refractivity contribution in [3.63, 3.8) is 0 Å². The zero-order valence-corrected chi connectivity index (χ0v) is 6.03. The van der Waals surface area contributed by atoms with E-state index in [1.54, 1.807) is 0 Å². The Balaban J connectivity index is 2.26. The molecular formula is C9H9NO. The second kappa shape index (κ2) is 2.38. The maximum absolute atomic E-state index is 10.4. The first kappa shape index (κ1) is 6.40. The Morgan fingerprint density at radius 2 is 2.36 bits per heavy atom. The zero-order chi connectivity index (χ0) is 7.68. The van der Waals surface area contributed by atoms with Crippen molar-refractivity contribution in [1.29, 1.82) is 0 Å². The van der Waals surface area contributed by atoms with Gasteiger partial charge in [0.1, 0.15) is 6.29 Å². The van der Waals surface area contributed by atoms with Gasteiger partial charge >= 0.3 is 0 Å². The molecule has 0 aromatic carbocycles. The second-order valence-electron chi connectivity index (χ2n) is 2.77. The first-order chi connectivity index (χ1) is 5.40. The summed E-state index contributed by atoms with van der Waals surface area (Å²) in [4.78, 5) is 10.4. The minimum absolute atomic E-state index is 0.374. The summed E-state index contributed by atoms with van der Waals surface area (Å²) in [6.45, 7) is 0. The summed E-state index contributed by atoms with van der Waals surface area (Å²) in [7, 11) is 0. The lowest BCUT2D eigenvalue weighted by molar-refractivity contribution is -0.104. The molecule has 0 saturated heterocycles. The van der Waals surface area contributed by atoms with Gasteiger partial charge in [-0.2, -0.15) is 0 Å². The monoisotopic (exact) mass is 147 g/mol. The lowest BCUT2D eigenvalue weighted by atomic mass is 9.94. The van der Waals surface area contributed by atoms with E-state index in [1.165, 1.54) is 0 Å². The van der Waals surface area contributed by atoms with Crippen molar-refractivity contribution >= 4 is 6.29 Å². The van der Waals surface area contributed by atoms with E-state index in [1.807, 2.05) is 24.4 Å². The van der Waals surface area contributed by atoms with E-state index < -0.39 is 0 Å². The number of hydrogen-bond donors (Lipinski definition) is 1. The van der Waals surface area contributed by atoms with Crippen LogP contribution in [0.15, 0.2) is 36.1 Å². The Kier molecular flexibility index (Phi) is 1.39. The summed E-state index contributed by atoms with van der Waals surface area (Å²) in [5.41, 5.74) is 0.777. The van der Waals surface area contributed by atoms with Crippen molar-refractivity contribution in [1.82, 2.24) is 5.32 Å². The molecule has 1 aliphatic carbocycles. The minimum atomic E-state index is 0.374. The standard InChI is InChI=1S/C9H9NO/c11-6-7-1-2-9-8(5-7)3-4-10-9/h1-6,8-10H. The van der Waals surface area contributed by atoms with Gasteiger partial charge in [-0.3, -0.25) is 4.79 Å². The molecule has 2 rings (SSSR count). The van der Waals surface area contributed by atoms with Gasteiger partial charge in [0.05, 0.1) is 6.04 Å². The molecule has 2 aliphatic rings. The quantitative estimate of drug-likeness (QED) is 0.555. The molecule has 0 fully saturated rings. The topological polar surface area (TPSA) is 29.1 Å². The number of fused-ring (bicyclic) bond motifs is 1. The maximum Gasteiger partial charge on any atom is 0.149 e. The van der Waals surface area contributed by atoms with Crippen LogP contribution < -0.4 is 5.32 Å². The van der Waals surface area contributed by atoms with Crippen molar-refractivity contribution in [2.75, 3.05) is 0 Å². The summed E-state index contributed by atoms with van der Waals surface area (Å²) in [6, 6.07) is 0.374. The summed E-state index contributed by atoms with van der Waals surface area (Å²) in [5.74, 6) is 0.375. The highest BCUT2D eigenvalue weighted by atomic mass is 16.1. The maximum atomic E-state index is 10.4. The number of nitrogens with one attached hydrogen (secondary N) is 1. The van der Waals surface area contributed by atoms with E-state index in [2.05, 4.69) is 11.4 Å². The summed E-state index contributed by atoms with van der Waals surface area (Å²) in [5, 5.41) is 3.18. The minimum Gasteiger partial charge on any atom is -0.384 e. The number of carbonyl (C=O) groups is 1. The molecule has 2 unspecified atom stereocenters. The highest BCUT2D eigenvalue weighted by Gasteiger charge is 2.20. The fourth-order valence-corrected chi connectivity index (χ4v) is 1.42. The average molecular weight is 147 g/mol. The number of carbonyl (C=O) groups excluding carboxylic acids is 1. The van der Waals surface area contributed by atoms with Crippen molar-refractivity contribution in [3.05, 3.63) is 36.1 Å². The number of hydrogen-bond acceptors (Lipinski definition) is 2. The van der Waals surface area contributed by atoms with Crippen LogP contribution in [-0.2, 0) is 4.79 Å². The first-order valence-electron chi connectivity index (χ1n) is 3.68. The van der Waals surface area contributed by atoms with Crippen molar-refractivity contribution in [3.8, 4) is 0 Å². The third-order valence-corrected chi connectivity index (χ3v) is 2.04. The molecule has 0 aromatic rings. The van der Waals surface area contributed by atoms with Gasteiger partial charge in [0.15, 0.2) is 0 Å². The molecule has 1 N–H and O–H groups in total. The van der Waals surface area contributed by atoms with E-state index >= 15 is 0 Å². The summed E-state index contributed by atoms with van der Waals surface area (Å²) in [6.07, 6.45) is 10.7. The fourth-order valence-electron chi connectivity index (χ4n) is 1.42. The third kappa shape index (κ3) is 1.00. The Bertz CT molecular complexity index is 263. The highest BCUT2D eigenvalue weighted by molar-refractivity contribution is 5.78. The van der Waals surface area contributed by atoms with Crippen molar-refractivity contribution < 1.29 is 4.79 Å². The van der Waals surface area contributed by atoms with Crippen LogP contribution >= 0.6 is 0 Å². The highest BCUT2D eigenvalue weighted by Crippen LogP contribution is 2.20. The Morgan fingerprint density at radius 3 is 3.18 bits per heavy atom. The Labute approximate surface area is 65.3 Å². The van der Waals surface area contributed by atoms with Gasteiger partial charge in [0.25, 0.3) is 0 Å². The van der Waals surface area contributed by atoms with Crippen LogP contribution in [0, 0.1) is 5.92 Å². The molecule has 0 amide bonds. The average Bonchev–Trinajstić information content (AvgIpc) is 2.50. The molecule has 0 aromatic heterocycles. The summed E-state index contributed by atoms with van der Waals surface area (Å²) < 4.78 is 0. The van der Waals surface area contributed by atoms with Crippen LogP contribution in [0.2, 0.25) is 0 Å². The van der Waals surface area contributed by atoms with Crippen LogP contribution in [0.1, 0.15) is 0 Å². The molecule has 0 bridgehead atoms. The SMILES string of the molecule is O=CC1=CC2C=CNC2C=C1. The second-order valence-corrected chi connectivity index (χ2v) is 2.77. The smallest absolute Gasteiger partial charge is 0.149 e. The molecule has 11 heavy (non-hydrogen) atoms. The van der Waals surface area contributed by atoms with E-state index in [-0.39, 0.29) is 0 Å². The number of aldehydes is 1. The van der Waals surface area contributed by atoms with Crippen molar-refractivity contribution in [2.24, 2.45) is 5.92 Å². The molecule has 1 aliphatic heterocycles. The Hall–Kier alpha value is -1.31. The van der Waals surface area contributed by atoms with E-state index in [9.17, 15) is 4.79 Å². The van der Waals surface area contributed by atoms with Crippen LogP contribution in [0.3, 0.4) is 0 Å². The van der Waals surface area contributed by atoms with Gasteiger partial charge in [0.2, 0.25) is 0 Å². The first-order valence-corrected chi connectivity index (χ1v) is 3.68. The van der Waals surface area contributed by atoms with Crippen molar-refractivity contribution in [2.45, 2.75) is 6.04 Å². The van der Waals surface area contributed by atoms with Gasteiger partial charge in [-0.25, -0.2) is 0 Å². The van der Waals surface area contributed by atoms with Crippen LogP contribution in [0.4, 0.5) is 0 Å². The lowest BCUT2D eigenvalue weighted by Gasteiger charge is -2.16. The molecule has 1 heterocycles. The lowest BCUT2D eigenvalue weighted by Crippen LogP contribution is -2.25. The molecule has 56 valence electrons. The van der Waals surface area contributed by atoms with Gasteiger partial charge in [-0.1, -0.05) is 24.3 Å². The fraction of sp³-hybridized carbons (Fsp3) is 0.222. The van der Waals surface area contributed by atoms with Gasteiger partial charge in [-0.15, -0.1) is 0 Å². The van der Waals surface area contributed by atoms with Crippen LogP contribution in [0.5, 0.6) is 0 Å². The molecule has 0 saturated carbocycles. The van der Waals surface area contributed by atoms with Crippen LogP contribution in [0.25, 0.3) is 0 Å². The Morgan fingerprint density at radius 1 is 1.45 bits per heavy atom. The summed E-state index contributed by atoms with van der Waals surface area (Å²) >= 11 is 0. The normalized spacial score (nSPS) is 32.5. The van der Waals surface area contributed by atoms with Gasteiger partial charge in [-0.05, 0) is 6.20 Å². The predicted octanol–water partition coefficient (Wildman–Crippen LogP) is 0.783. The van der Waals surface area contributed by atoms with E-state index in [0.717, 1.165) is 11.9 Å². The van der Waals surface area contributed by atoms with E-state index in [4.69, 9.17) is 0 Å². The number of rotatable bonds is 1. The van der Waals surface area contributed by atoms with Gasteiger partial charge in [0, 0.05) is 11.5 Å². The molecule has 0 radical (unpaired) electrons. The molecule has 0 spiro atoms. The zero-order valence-electron chi connectivity index (χ0n) is 6.03. The third-order valence-electron chi connectivity index (χ3n) is 2.04. The van der Waals surface area contributed by atoms with Crippen LogP contribution in [-0.4, -0.2) is 12.3 Å². The number of allylic oxidation sites excluding steroid dienone is 2. The van der Waals surface area contributed by atoms with Gasteiger partial charge < -0.3 is 5.32 Å².